The van der Waals surface area contributed by atoms with E-state index in [1.807, 2.05) is 12.1 Å². The third-order valence-electron chi connectivity index (χ3n) is 5.24. The van der Waals surface area contributed by atoms with Crippen LogP contribution in [0.5, 0.6) is 11.5 Å². The minimum Gasteiger partial charge on any atom is -0.504 e. The molecule has 21 heavy (non-hydrogen) atoms. The molecule has 2 heteroatoms. The van der Waals surface area contributed by atoms with Gasteiger partial charge >= 0.3 is 0 Å². The predicted octanol–water partition coefficient (Wildman–Crippen LogP) is 4.97. The number of ether oxygens (including phenoxy) is 1. The van der Waals surface area contributed by atoms with Crippen molar-refractivity contribution in [2.24, 2.45) is 17.8 Å². The highest BCUT2D eigenvalue weighted by atomic mass is 16.5. The average Bonchev–Trinajstić information content (AvgIpc) is 2.46. The molecule has 0 saturated heterocycles. The molecular weight excluding hydrogens is 260 g/mol. The highest BCUT2D eigenvalue weighted by Crippen LogP contribution is 2.36. The number of aryl methyl sites for hydroxylation is 1. The van der Waals surface area contributed by atoms with Gasteiger partial charge < -0.3 is 9.84 Å². The van der Waals surface area contributed by atoms with Gasteiger partial charge in [-0.05, 0) is 60.3 Å². The van der Waals surface area contributed by atoms with Crippen molar-refractivity contribution in [2.45, 2.75) is 59.3 Å². The molecule has 0 radical (unpaired) electrons. The van der Waals surface area contributed by atoms with Gasteiger partial charge in [-0.2, -0.15) is 0 Å². The van der Waals surface area contributed by atoms with Crippen LogP contribution in [0.1, 0.15) is 57.6 Å². The zero-order chi connectivity index (χ0) is 15.4. The molecule has 1 N–H and O–H groups in total. The summed E-state index contributed by atoms with van der Waals surface area (Å²) in [7, 11) is 1.62. The Bertz CT molecular complexity index is 465. The van der Waals surface area contributed by atoms with Crippen molar-refractivity contribution in [3.05, 3.63) is 23.3 Å². The van der Waals surface area contributed by atoms with E-state index in [0.717, 1.165) is 30.6 Å². The van der Waals surface area contributed by atoms with Crippen LogP contribution in [0.2, 0.25) is 0 Å². The van der Waals surface area contributed by atoms with Crippen LogP contribution in [0.15, 0.2) is 12.1 Å². The average molecular weight is 290 g/mol. The Kier molecular flexibility index (Phi) is 5.55. The van der Waals surface area contributed by atoms with Crippen molar-refractivity contribution in [3.8, 4) is 11.5 Å². The van der Waals surface area contributed by atoms with Gasteiger partial charge in [-0.15, -0.1) is 0 Å². The molecule has 2 rings (SSSR count). The predicted molar refractivity (Wildman–Crippen MR) is 88.0 cm³/mol. The Hall–Kier alpha value is -1.18. The summed E-state index contributed by atoms with van der Waals surface area (Å²) in [6, 6.07) is 3.93. The molecule has 118 valence electrons. The van der Waals surface area contributed by atoms with E-state index in [2.05, 4.69) is 20.8 Å². The van der Waals surface area contributed by atoms with E-state index < -0.39 is 0 Å². The zero-order valence-corrected chi connectivity index (χ0v) is 14.0. The van der Waals surface area contributed by atoms with Gasteiger partial charge in [0.1, 0.15) is 0 Å². The summed E-state index contributed by atoms with van der Waals surface area (Å²) in [6.07, 6.45) is 7.52. The Balaban J connectivity index is 1.90. The summed E-state index contributed by atoms with van der Waals surface area (Å²) in [5.41, 5.74) is 2.68. The van der Waals surface area contributed by atoms with E-state index in [4.69, 9.17) is 4.74 Å². The third kappa shape index (κ3) is 4.15. The van der Waals surface area contributed by atoms with E-state index in [9.17, 15) is 5.11 Å². The Morgan fingerprint density at radius 2 is 2.00 bits per heavy atom. The van der Waals surface area contributed by atoms with Crippen molar-refractivity contribution in [3.63, 3.8) is 0 Å². The van der Waals surface area contributed by atoms with Gasteiger partial charge in [0.2, 0.25) is 0 Å². The standard InChI is InChI=1S/C19H30O2/c1-13(2)14(3)6-5-7-15-8-9-16-11-18(20)19(21-4)12-17(16)10-15/h11-15,20H,5-10H2,1-4H3. The van der Waals surface area contributed by atoms with Gasteiger partial charge in [-0.3, -0.25) is 0 Å². The number of benzene rings is 1. The molecule has 2 unspecified atom stereocenters. The molecule has 2 nitrogen and oxygen atoms in total. The van der Waals surface area contributed by atoms with Gasteiger partial charge in [0.05, 0.1) is 7.11 Å². The molecule has 1 aliphatic rings. The van der Waals surface area contributed by atoms with Crippen LogP contribution < -0.4 is 4.74 Å². The number of phenolic OH excluding ortho intramolecular Hbond substituents is 1. The molecule has 0 aromatic heterocycles. The highest BCUT2D eigenvalue weighted by Gasteiger charge is 2.21. The molecule has 0 aliphatic heterocycles. The lowest BCUT2D eigenvalue weighted by molar-refractivity contribution is 0.340. The van der Waals surface area contributed by atoms with Crippen molar-refractivity contribution < 1.29 is 9.84 Å². The maximum atomic E-state index is 9.86. The highest BCUT2D eigenvalue weighted by molar-refractivity contribution is 5.47. The van der Waals surface area contributed by atoms with E-state index in [-0.39, 0.29) is 5.75 Å². The first kappa shape index (κ1) is 16.2. The maximum absolute atomic E-state index is 9.86. The number of methoxy groups -OCH3 is 1. The van der Waals surface area contributed by atoms with E-state index in [1.54, 1.807) is 7.11 Å². The molecule has 0 spiro atoms. The fourth-order valence-corrected chi connectivity index (χ4v) is 3.32. The maximum Gasteiger partial charge on any atom is 0.160 e. The summed E-state index contributed by atoms with van der Waals surface area (Å²) >= 11 is 0. The first-order chi connectivity index (χ1) is 10.0. The topological polar surface area (TPSA) is 29.5 Å². The normalized spacial score (nSPS) is 19.4. The fraction of sp³-hybridized carbons (Fsp3) is 0.684. The monoisotopic (exact) mass is 290 g/mol. The molecule has 0 fully saturated rings. The minimum atomic E-state index is 0.278. The second kappa shape index (κ2) is 7.20. The second-order valence-corrected chi connectivity index (χ2v) is 7.05. The molecule has 1 aromatic carbocycles. The summed E-state index contributed by atoms with van der Waals surface area (Å²) in [4.78, 5) is 0. The number of hydrogen-bond acceptors (Lipinski definition) is 2. The lowest BCUT2D eigenvalue weighted by atomic mass is 9.80. The van der Waals surface area contributed by atoms with E-state index in [1.165, 1.54) is 36.8 Å². The Labute approximate surface area is 129 Å². The van der Waals surface area contributed by atoms with E-state index in [0.29, 0.717) is 5.75 Å². The van der Waals surface area contributed by atoms with Gasteiger partial charge in [0.25, 0.3) is 0 Å². The number of fused-ring (bicyclic) bond motifs is 1. The largest absolute Gasteiger partial charge is 0.504 e. The Morgan fingerprint density at radius 3 is 2.67 bits per heavy atom. The SMILES string of the molecule is COc1cc2c(cc1O)CCC(CCCC(C)C(C)C)C2. The van der Waals surface area contributed by atoms with Gasteiger partial charge in [0, 0.05) is 0 Å². The van der Waals surface area contributed by atoms with Gasteiger partial charge in [0.15, 0.2) is 11.5 Å². The minimum absolute atomic E-state index is 0.278. The van der Waals surface area contributed by atoms with Crippen LogP contribution in [0.3, 0.4) is 0 Å². The van der Waals surface area contributed by atoms with Crippen LogP contribution in [-0.2, 0) is 12.8 Å². The number of aromatic hydroxyl groups is 1. The molecule has 0 bridgehead atoms. The third-order valence-corrected chi connectivity index (χ3v) is 5.24. The molecule has 0 heterocycles. The molecule has 1 aliphatic carbocycles. The second-order valence-electron chi connectivity index (χ2n) is 7.05. The summed E-state index contributed by atoms with van der Waals surface area (Å²) in [5.74, 6) is 3.32. The summed E-state index contributed by atoms with van der Waals surface area (Å²) in [5, 5.41) is 9.86. The number of rotatable bonds is 6. The zero-order valence-electron chi connectivity index (χ0n) is 14.0. The smallest absolute Gasteiger partial charge is 0.160 e. The number of hydrogen-bond donors (Lipinski definition) is 1. The molecule has 0 amide bonds. The Morgan fingerprint density at radius 1 is 1.24 bits per heavy atom. The van der Waals surface area contributed by atoms with Crippen LogP contribution in [0.4, 0.5) is 0 Å². The summed E-state index contributed by atoms with van der Waals surface area (Å²) in [6.45, 7) is 7.01. The quantitative estimate of drug-likeness (QED) is 0.801. The van der Waals surface area contributed by atoms with Crippen LogP contribution >= 0.6 is 0 Å². The fourth-order valence-electron chi connectivity index (χ4n) is 3.32. The number of phenols is 1. The van der Waals surface area contributed by atoms with Crippen LogP contribution in [-0.4, -0.2) is 12.2 Å². The van der Waals surface area contributed by atoms with E-state index >= 15 is 0 Å². The first-order valence-electron chi connectivity index (χ1n) is 8.40. The van der Waals surface area contributed by atoms with Crippen molar-refractivity contribution >= 4 is 0 Å². The van der Waals surface area contributed by atoms with Crippen molar-refractivity contribution in [1.82, 2.24) is 0 Å². The van der Waals surface area contributed by atoms with Gasteiger partial charge in [-0.25, -0.2) is 0 Å². The molecule has 0 saturated carbocycles. The van der Waals surface area contributed by atoms with Crippen molar-refractivity contribution in [2.75, 3.05) is 7.11 Å². The molecular formula is C19H30O2. The van der Waals surface area contributed by atoms with Crippen LogP contribution in [0, 0.1) is 17.8 Å². The first-order valence-corrected chi connectivity index (χ1v) is 8.40. The van der Waals surface area contributed by atoms with Gasteiger partial charge in [-0.1, -0.05) is 40.0 Å². The molecule has 1 aromatic rings. The molecule has 2 atom stereocenters. The lowest BCUT2D eigenvalue weighted by Gasteiger charge is -2.26. The summed E-state index contributed by atoms with van der Waals surface area (Å²) < 4.78 is 5.24. The van der Waals surface area contributed by atoms with Crippen LogP contribution in [0.25, 0.3) is 0 Å². The van der Waals surface area contributed by atoms with Crippen molar-refractivity contribution in [1.29, 1.82) is 0 Å². The lowest BCUT2D eigenvalue weighted by Crippen LogP contribution is -2.15.